The Morgan fingerprint density at radius 1 is 1.38 bits per heavy atom. The Kier molecular flexibility index (Phi) is 4.90. The quantitative estimate of drug-likeness (QED) is 0.755. The molecule has 0 aromatic carbocycles. The number of nitrogens with zero attached hydrogens (tertiary/aromatic N) is 4. The number of halogens is 1. The van der Waals surface area contributed by atoms with E-state index in [1.165, 1.54) is 0 Å². The molecule has 2 aromatic heterocycles. The van der Waals surface area contributed by atoms with Crippen LogP contribution >= 0.6 is 11.6 Å². The number of aromatic nitrogens is 4. The minimum Gasteiger partial charge on any atom is -0.312 e. The van der Waals surface area contributed by atoms with Gasteiger partial charge in [0.1, 0.15) is 11.3 Å². The summed E-state index contributed by atoms with van der Waals surface area (Å²) >= 11 is 5.84. The van der Waals surface area contributed by atoms with Crippen LogP contribution in [-0.2, 0) is 36.5 Å². The molecule has 0 amide bonds. The molecule has 0 bridgehead atoms. The van der Waals surface area contributed by atoms with Gasteiger partial charge in [-0.15, -0.1) is 11.6 Å². The lowest BCUT2D eigenvalue weighted by Crippen LogP contribution is -2.26. The van der Waals surface area contributed by atoms with Gasteiger partial charge < -0.3 is 4.57 Å². The number of rotatable bonds is 7. The molecule has 21 heavy (non-hydrogen) atoms. The van der Waals surface area contributed by atoms with Crippen LogP contribution in [0, 0.1) is 0 Å². The van der Waals surface area contributed by atoms with Gasteiger partial charge in [0, 0.05) is 32.4 Å². The maximum atomic E-state index is 11.2. The fraction of sp³-hybridized carbons (Fsp3) is 0.667. The van der Waals surface area contributed by atoms with Crippen LogP contribution in [0.3, 0.4) is 0 Å². The molecule has 1 N–H and O–H groups in total. The van der Waals surface area contributed by atoms with E-state index >= 15 is 0 Å². The molecule has 0 saturated carbocycles. The molecule has 0 radical (unpaired) electrons. The third-order valence-corrected chi connectivity index (χ3v) is 4.14. The Bertz CT molecular complexity index is 734. The Morgan fingerprint density at radius 2 is 2.10 bits per heavy atom. The number of hydrogen-bond donors (Lipinski definition) is 1. The first-order valence-electron chi connectivity index (χ1n) is 6.79. The van der Waals surface area contributed by atoms with Gasteiger partial charge >= 0.3 is 0 Å². The predicted molar refractivity (Wildman–Crippen MR) is 83.1 cm³/mol. The van der Waals surface area contributed by atoms with Crippen molar-refractivity contribution in [2.75, 3.05) is 18.7 Å². The molecule has 0 spiro atoms. The highest BCUT2D eigenvalue weighted by molar-refractivity contribution is 7.88. The summed E-state index contributed by atoms with van der Waals surface area (Å²) in [5.74, 6) is 1.33. The Morgan fingerprint density at radius 3 is 2.67 bits per heavy atom. The van der Waals surface area contributed by atoms with Crippen LogP contribution in [0.1, 0.15) is 18.4 Å². The van der Waals surface area contributed by atoms with Gasteiger partial charge in [-0.2, -0.15) is 5.10 Å². The lowest BCUT2D eigenvalue weighted by molar-refractivity contribution is 0.574. The van der Waals surface area contributed by atoms with Crippen LogP contribution in [0.25, 0.3) is 11.2 Å². The van der Waals surface area contributed by atoms with Crippen molar-refractivity contribution in [1.82, 2.24) is 24.1 Å². The van der Waals surface area contributed by atoms with E-state index in [2.05, 4.69) is 14.8 Å². The number of nitrogens with one attached hydrogen (secondary N) is 1. The predicted octanol–water partition coefficient (Wildman–Crippen LogP) is 0.663. The molecule has 0 atom stereocenters. The molecule has 2 rings (SSSR count). The first-order chi connectivity index (χ1) is 9.87. The minimum atomic E-state index is -3.20. The monoisotopic (exact) mass is 333 g/mol. The number of hydrogen-bond acceptors (Lipinski definition) is 4. The molecule has 0 aliphatic heterocycles. The van der Waals surface area contributed by atoms with E-state index < -0.39 is 10.0 Å². The topological polar surface area (TPSA) is 81.8 Å². The first-order valence-corrected chi connectivity index (χ1v) is 9.21. The average molecular weight is 334 g/mol. The smallest absolute Gasteiger partial charge is 0.208 e. The van der Waals surface area contributed by atoms with Gasteiger partial charge in [0.25, 0.3) is 0 Å². The van der Waals surface area contributed by atoms with Crippen LogP contribution in [0.2, 0.25) is 0 Å². The summed E-state index contributed by atoms with van der Waals surface area (Å²) in [4.78, 5) is 4.63. The maximum absolute atomic E-state index is 11.2. The molecule has 0 aliphatic rings. The molecule has 7 nitrogen and oxygen atoms in total. The van der Waals surface area contributed by atoms with E-state index in [1.54, 1.807) is 4.68 Å². The second-order valence-corrected chi connectivity index (χ2v) is 7.09. The maximum Gasteiger partial charge on any atom is 0.208 e. The van der Waals surface area contributed by atoms with Crippen LogP contribution in [0.15, 0.2) is 0 Å². The van der Waals surface area contributed by atoms with Gasteiger partial charge in [0.15, 0.2) is 5.65 Å². The van der Waals surface area contributed by atoms with Crippen molar-refractivity contribution < 1.29 is 8.42 Å². The Balaban J connectivity index is 2.38. The normalized spacial score (nSPS) is 12.4. The van der Waals surface area contributed by atoms with E-state index in [0.717, 1.165) is 35.4 Å². The Labute approximate surface area is 129 Å². The van der Waals surface area contributed by atoms with Crippen LogP contribution in [0.4, 0.5) is 0 Å². The minimum absolute atomic E-state index is 0.312. The van der Waals surface area contributed by atoms with Gasteiger partial charge in [-0.1, -0.05) is 6.92 Å². The summed E-state index contributed by atoms with van der Waals surface area (Å²) in [5.41, 5.74) is 2.72. The van der Waals surface area contributed by atoms with Crippen molar-refractivity contribution >= 4 is 32.8 Å². The highest BCUT2D eigenvalue weighted by Gasteiger charge is 2.18. The standard InChI is InChI=1S/C12H20ClN5O2S/c1-4-9-11-12(17(2)16-9)18(10(15-11)5-6-13)8-7-14-21(3,19)20/h14H,4-8H2,1-3H3. The molecular weight excluding hydrogens is 314 g/mol. The number of imidazole rings is 1. The van der Waals surface area contributed by atoms with Crippen molar-refractivity contribution in [2.45, 2.75) is 26.3 Å². The zero-order valence-corrected chi connectivity index (χ0v) is 14.0. The molecular formula is C12H20ClN5O2S. The molecule has 118 valence electrons. The largest absolute Gasteiger partial charge is 0.312 e. The lowest BCUT2D eigenvalue weighted by atomic mass is 10.3. The van der Waals surface area contributed by atoms with Crippen LogP contribution < -0.4 is 4.72 Å². The molecule has 9 heteroatoms. The zero-order chi connectivity index (χ0) is 15.6. The van der Waals surface area contributed by atoms with Gasteiger partial charge in [-0.05, 0) is 6.42 Å². The summed E-state index contributed by atoms with van der Waals surface area (Å²) in [7, 11) is -1.33. The second kappa shape index (κ2) is 6.33. The lowest BCUT2D eigenvalue weighted by Gasteiger charge is -2.09. The van der Waals surface area contributed by atoms with Gasteiger partial charge in [-0.3, -0.25) is 4.68 Å². The van der Waals surface area contributed by atoms with Gasteiger partial charge in [0.2, 0.25) is 10.0 Å². The Hall–Kier alpha value is -1.12. The van der Waals surface area contributed by atoms with Crippen molar-refractivity contribution in [3.8, 4) is 0 Å². The highest BCUT2D eigenvalue weighted by Crippen LogP contribution is 2.20. The first kappa shape index (κ1) is 16.3. The molecule has 0 saturated heterocycles. The van der Waals surface area contributed by atoms with Crippen molar-refractivity contribution in [3.63, 3.8) is 0 Å². The van der Waals surface area contributed by atoms with Gasteiger partial charge in [0.05, 0.1) is 11.9 Å². The SMILES string of the molecule is CCc1nn(C)c2c1nc(CCCl)n2CCNS(C)(=O)=O. The molecule has 0 fully saturated rings. The zero-order valence-electron chi connectivity index (χ0n) is 12.4. The summed E-state index contributed by atoms with van der Waals surface area (Å²) in [6.45, 7) is 2.85. The highest BCUT2D eigenvalue weighted by atomic mass is 35.5. The summed E-state index contributed by atoms with van der Waals surface area (Å²) < 4.78 is 28.6. The van der Waals surface area contributed by atoms with E-state index in [4.69, 9.17) is 11.6 Å². The molecule has 0 aliphatic carbocycles. The molecule has 2 heterocycles. The van der Waals surface area contributed by atoms with Crippen molar-refractivity contribution in [2.24, 2.45) is 7.05 Å². The average Bonchev–Trinajstić information content (AvgIpc) is 2.88. The van der Waals surface area contributed by atoms with E-state index in [0.29, 0.717) is 25.4 Å². The number of sulfonamides is 1. The van der Waals surface area contributed by atoms with Crippen molar-refractivity contribution in [3.05, 3.63) is 11.5 Å². The van der Waals surface area contributed by atoms with E-state index in [1.807, 2.05) is 18.5 Å². The number of alkyl halides is 1. The molecule has 0 unspecified atom stereocenters. The van der Waals surface area contributed by atoms with E-state index in [-0.39, 0.29) is 0 Å². The third kappa shape index (κ3) is 3.56. The summed E-state index contributed by atoms with van der Waals surface area (Å²) in [6, 6.07) is 0. The fourth-order valence-electron chi connectivity index (χ4n) is 2.38. The fourth-order valence-corrected chi connectivity index (χ4v) is 3.01. The third-order valence-electron chi connectivity index (χ3n) is 3.22. The van der Waals surface area contributed by atoms with Gasteiger partial charge in [-0.25, -0.2) is 18.1 Å². The molecule has 2 aromatic rings. The van der Waals surface area contributed by atoms with Crippen molar-refractivity contribution in [1.29, 1.82) is 0 Å². The van der Waals surface area contributed by atoms with E-state index in [9.17, 15) is 8.42 Å². The van der Waals surface area contributed by atoms with Crippen LogP contribution in [0.5, 0.6) is 0 Å². The second-order valence-electron chi connectivity index (χ2n) is 4.88. The number of aryl methyl sites for hydroxylation is 3. The summed E-state index contributed by atoms with van der Waals surface area (Å²) in [6.07, 6.45) is 2.59. The van der Waals surface area contributed by atoms with Crippen LogP contribution in [-0.4, -0.2) is 46.4 Å². The summed E-state index contributed by atoms with van der Waals surface area (Å²) in [5, 5.41) is 4.45. The number of fused-ring (bicyclic) bond motifs is 1.